The molecule has 0 aliphatic carbocycles. The van der Waals surface area contributed by atoms with Gasteiger partial charge >= 0.3 is 0 Å². The molecule has 0 saturated heterocycles. The maximum Gasteiger partial charge on any atom is 0.253 e. The third kappa shape index (κ3) is 2.55. The van der Waals surface area contributed by atoms with Crippen molar-refractivity contribution in [3.63, 3.8) is 0 Å². The van der Waals surface area contributed by atoms with E-state index < -0.39 is 0 Å². The number of likely N-dealkylation sites (N-methyl/N-ethyl adjacent to an activating group) is 1. The highest BCUT2D eigenvalue weighted by atomic mass is 16.5. The van der Waals surface area contributed by atoms with E-state index in [1.165, 1.54) is 0 Å². The van der Waals surface area contributed by atoms with Crippen LogP contribution >= 0.6 is 0 Å². The maximum atomic E-state index is 5.21. The van der Waals surface area contributed by atoms with E-state index in [4.69, 9.17) is 4.74 Å². The summed E-state index contributed by atoms with van der Waals surface area (Å²) in [6.45, 7) is 1.44. The summed E-state index contributed by atoms with van der Waals surface area (Å²) in [7, 11) is 3.68. The zero-order chi connectivity index (χ0) is 8.10. The molecule has 11 heavy (non-hydrogen) atoms. The van der Waals surface area contributed by atoms with Gasteiger partial charge in [-0.25, -0.2) is 0 Å². The van der Waals surface area contributed by atoms with Crippen LogP contribution in [0.5, 0.6) is 5.88 Å². The lowest BCUT2D eigenvalue weighted by molar-refractivity contribution is 0.306. The molecule has 0 radical (unpaired) electrons. The van der Waals surface area contributed by atoms with E-state index in [1.807, 2.05) is 7.05 Å². The Morgan fingerprint density at radius 2 is 2.55 bits per heavy atom. The fourth-order valence-corrected chi connectivity index (χ4v) is 0.650. The number of nitrogens with zero attached hydrogens (tertiary/aromatic N) is 3. The molecule has 0 aliphatic heterocycles. The molecule has 1 heterocycles. The number of hydrogen-bond acceptors (Lipinski definition) is 4. The van der Waals surface area contributed by atoms with Crippen LogP contribution in [-0.4, -0.2) is 35.2 Å². The van der Waals surface area contributed by atoms with Gasteiger partial charge in [0.15, 0.2) is 0 Å². The van der Waals surface area contributed by atoms with E-state index in [2.05, 4.69) is 15.6 Å². The normalized spacial score (nSPS) is 10.0. The summed E-state index contributed by atoms with van der Waals surface area (Å²) in [6.07, 6.45) is 1.73. The molecule has 0 bridgehead atoms. The van der Waals surface area contributed by atoms with E-state index >= 15 is 0 Å². The Labute approximate surface area is 65.3 Å². The SMILES string of the molecule is CNCCOc1cn(C)nn1. The molecule has 0 saturated carbocycles. The van der Waals surface area contributed by atoms with Crippen LogP contribution in [-0.2, 0) is 7.05 Å². The van der Waals surface area contributed by atoms with Crippen LogP contribution in [0.2, 0.25) is 0 Å². The number of rotatable bonds is 4. The second kappa shape index (κ2) is 3.92. The van der Waals surface area contributed by atoms with Crippen molar-refractivity contribution >= 4 is 0 Å². The van der Waals surface area contributed by atoms with Crippen LogP contribution in [0.1, 0.15) is 0 Å². The number of ether oxygens (including phenoxy) is 1. The minimum atomic E-state index is 0.572. The van der Waals surface area contributed by atoms with Gasteiger partial charge in [-0.05, 0) is 7.05 Å². The van der Waals surface area contributed by atoms with Crippen LogP contribution in [0.15, 0.2) is 6.20 Å². The molecule has 0 aliphatic rings. The second-order valence-corrected chi connectivity index (χ2v) is 2.18. The minimum Gasteiger partial charge on any atom is -0.474 e. The van der Waals surface area contributed by atoms with Gasteiger partial charge in [0, 0.05) is 13.6 Å². The van der Waals surface area contributed by atoms with Crippen LogP contribution in [0.4, 0.5) is 0 Å². The second-order valence-electron chi connectivity index (χ2n) is 2.18. The lowest BCUT2D eigenvalue weighted by Gasteiger charge is -1.98. The first-order valence-electron chi connectivity index (χ1n) is 3.46. The molecule has 0 amide bonds. The molecule has 5 nitrogen and oxygen atoms in total. The van der Waals surface area contributed by atoms with Crippen molar-refractivity contribution in [1.82, 2.24) is 20.3 Å². The average molecular weight is 156 g/mol. The van der Waals surface area contributed by atoms with Crippen molar-refractivity contribution < 1.29 is 4.74 Å². The topological polar surface area (TPSA) is 52.0 Å². The molecule has 0 spiro atoms. The Morgan fingerprint density at radius 3 is 3.09 bits per heavy atom. The third-order valence-electron chi connectivity index (χ3n) is 1.18. The highest BCUT2D eigenvalue weighted by molar-refractivity contribution is 4.98. The Morgan fingerprint density at radius 1 is 1.73 bits per heavy atom. The first kappa shape index (κ1) is 8.00. The van der Waals surface area contributed by atoms with E-state index in [-0.39, 0.29) is 0 Å². The summed E-state index contributed by atoms with van der Waals surface area (Å²) in [4.78, 5) is 0. The largest absolute Gasteiger partial charge is 0.474 e. The van der Waals surface area contributed by atoms with Gasteiger partial charge in [0.05, 0.1) is 6.20 Å². The molecule has 1 aromatic heterocycles. The van der Waals surface area contributed by atoms with Crippen LogP contribution < -0.4 is 10.1 Å². The van der Waals surface area contributed by atoms with E-state index in [1.54, 1.807) is 17.9 Å². The predicted octanol–water partition coefficient (Wildman–Crippen LogP) is -0.587. The standard InChI is InChI=1S/C6H12N4O/c1-7-3-4-11-6-5-10(2)9-8-6/h5,7H,3-4H2,1-2H3. The van der Waals surface area contributed by atoms with Gasteiger partial charge in [-0.1, -0.05) is 10.3 Å². The molecule has 1 N–H and O–H groups in total. The highest BCUT2D eigenvalue weighted by Gasteiger charge is 1.95. The Hall–Kier alpha value is -1.10. The smallest absolute Gasteiger partial charge is 0.253 e. The van der Waals surface area contributed by atoms with Crippen molar-refractivity contribution in [2.75, 3.05) is 20.2 Å². The van der Waals surface area contributed by atoms with Crippen LogP contribution in [0, 0.1) is 0 Å². The molecule has 0 fully saturated rings. The first-order chi connectivity index (χ1) is 5.33. The summed E-state index contributed by atoms with van der Waals surface area (Å²) in [5.41, 5.74) is 0. The summed E-state index contributed by atoms with van der Waals surface area (Å²) in [5, 5.41) is 10.4. The minimum absolute atomic E-state index is 0.572. The molecule has 1 rings (SSSR count). The fourth-order valence-electron chi connectivity index (χ4n) is 0.650. The monoisotopic (exact) mass is 156 g/mol. The maximum absolute atomic E-state index is 5.21. The quantitative estimate of drug-likeness (QED) is 0.592. The fraction of sp³-hybridized carbons (Fsp3) is 0.667. The van der Waals surface area contributed by atoms with Gasteiger partial charge < -0.3 is 10.1 Å². The van der Waals surface area contributed by atoms with Crippen LogP contribution in [0.3, 0.4) is 0 Å². The van der Waals surface area contributed by atoms with E-state index in [9.17, 15) is 0 Å². The third-order valence-corrected chi connectivity index (χ3v) is 1.18. The molecule has 5 heteroatoms. The average Bonchev–Trinajstić information content (AvgIpc) is 2.37. The first-order valence-corrected chi connectivity index (χ1v) is 3.46. The highest BCUT2D eigenvalue weighted by Crippen LogP contribution is 2.00. The molecular weight excluding hydrogens is 144 g/mol. The predicted molar refractivity (Wildman–Crippen MR) is 40.4 cm³/mol. The van der Waals surface area contributed by atoms with Gasteiger partial charge in [0.25, 0.3) is 5.88 Å². The van der Waals surface area contributed by atoms with Gasteiger partial charge in [-0.2, -0.15) is 0 Å². The van der Waals surface area contributed by atoms with Crippen LogP contribution in [0.25, 0.3) is 0 Å². The molecular formula is C6H12N4O. The van der Waals surface area contributed by atoms with Crippen molar-refractivity contribution in [3.8, 4) is 5.88 Å². The number of nitrogens with one attached hydrogen (secondary N) is 1. The van der Waals surface area contributed by atoms with Gasteiger partial charge in [-0.3, -0.25) is 4.68 Å². The van der Waals surface area contributed by atoms with E-state index in [0.29, 0.717) is 12.5 Å². The van der Waals surface area contributed by atoms with Gasteiger partial charge in [0.1, 0.15) is 6.61 Å². The van der Waals surface area contributed by atoms with Crippen molar-refractivity contribution in [2.45, 2.75) is 0 Å². The Bertz CT molecular complexity index is 210. The van der Waals surface area contributed by atoms with Crippen molar-refractivity contribution in [3.05, 3.63) is 6.20 Å². The zero-order valence-electron chi connectivity index (χ0n) is 6.74. The number of hydrogen-bond donors (Lipinski definition) is 1. The molecule has 62 valence electrons. The molecule has 0 unspecified atom stereocenters. The molecule has 0 atom stereocenters. The van der Waals surface area contributed by atoms with Gasteiger partial charge in [-0.15, -0.1) is 0 Å². The van der Waals surface area contributed by atoms with Crippen molar-refractivity contribution in [1.29, 1.82) is 0 Å². The van der Waals surface area contributed by atoms with E-state index in [0.717, 1.165) is 6.54 Å². The summed E-state index contributed by atoms with van der Waals surface area (Å²) in [5.74, 6) is 0.572. The summed E-state index contributed by atoms with van der Waals surface area (Å²) >= 11 is 0. The van der Waals surface area contributed by atoms with Crippen molar-refractivity contribution in [2.24, 2.45) is 7.05 Å². The molecule has 0 aromatic carbocycles. The lowest BCUT2D eigenvalue weighted by atomic mass is 10.7. The lowest BCUT2D eigenvalue weighted by Crippen LogP contribution is -2.16. The number of aromatic nitrogens is 3. The van der Waals surface area contributed by atoms with Gasteiger partial charge in [0.2, 0.25) is 0 Å². The summed E-state index contributed by atoms with van der Waals surface area (Å²) < 4.78 is 6.82. The number of aryl methyl sites for hydroxylation is 1. The molecule has 1 aromatic rings. The summed E-state index contributed by atoms with van der Waals surface area (Å²) in [6, 6.07) is 0. The Balaban J connectivity index is 2.27. The Kier molecular flexibility index (Phi) is 2.85. The zero-order valence-corrected chi connectivity index (χ0v) is 6.74.